The molecule has 7 heteroatoms. The Balaban J connectivity index is 2.63. The zero-order chi connectivity index (χ0) is 14.2. The fourth-order valence-corrected chi connectivity index (χ4v) is 2.29. The molecule has 2 aromatic rings. The monoisotopic (exact) mass is 328 g/mol. The number of H-pyrrole nitrogens is 1. The van der Waals surface area contributed by atoms with E-state index in [2.05, 4.69) is 26.1 Å². The Kier molecular flexibility index (Phi) is 3.57. The molecular weight excluding hydrogens is 319 g/mol. The summed E-state index contributed by atoms with van der Waals surface area (Å²) < 4.78 is 19.2. The van der Waals surface area contributed by atoms with Gasteiger partial charge in [-0.1, -0.05) is 0 Å². The van der Waals surface area contributed by atoms with Crippen molar-refractivity contribution < 1.29 is 19.0 Å². The molecule has 19 heavy (non-hydrogen) atoms. The summed E-state index contributed by atoms with van der Waals surface area (Å²) in [5.41, 5.74) is 1.16. The third kappa shape index (κ3) is 2.33. The number of carboxylic acid groups (broad SMARTS) is 1. The number of hydrogen-bond acceptors (Lipinski definition) is 3. The van der Waals surface area contributed by atoms with E-state index in [9.17, 15) is 9.18 Å². The van der Waals surface area contributed by atoms with Crippen molar-refractivity contribution >= 4 is 21.9 Å². The van der Waals surface area contributed by atoms with Crippen LogP contribution in [0.5, 0.6) is 5.75 Å². The van der Waals surface area contributed by atoms with Gasteiger partial charge < -0.3 is 9.84 Å². The maximum atomic E-state index is 13.8. The topological polar surface area (TPSA) is 75.2 Å². The second kappa shape index (κ2) is 5.00. The molecule has 1 aromatic carbocycles. The smallest absolute Gasteiger partial charge is 0.353 e. The summed E-state index contributed by atoms with van der Waals surface area (Å²) in [6.45, 7) is 1.58. The van der Waals surface area contributed by atoms with Crippen molar-refractivity contribution in [2.24, 2.45) is 0 Å². The van der Waals surface area contributed by atoms with Crippen LogP contribution in [0.2, 0.25) is 0 Å². The van der Waals surface area contributed by atoms with E-state index < -0.39 is 11.8 Å². The number of carbonyl (C=O) groups is 1. The van der Waals surface area contributed by atoms with Gasteiger partial charge in [0.25, 0.3) is 0 Å². The molecular formula is C12H10BrFN2O3. The molecule has 0 aliphatic carbocycles. The van der Waals surface area contributed by atoms with Crippen molar-refractivity contribution in [1.29, 1.82) is 0 Å². The van der Waals surface area contributed by atoms with Gasteiger partial charge in [0.2, 0.25) is 0 Å². The van der Waals surface area contributed by atoms with Crippen LogP contribution in [-0.2, 0) is 0 Å². The summed E-state index contributed by atoms with van der Waals surface area (Å²) in [5.74, 6) is -1.21. The summed E-state index contributed by atoms with van der Waals surface area (Å²) in [5, 5.41) is 15.1. The van der Waals surface area contributed by atoms with Crippen LogP contribution < -0.4 is 4.74 Å². The Morgan fingerprint density at radius 2 is 2.21 bits per heavy atom. The molecule has 0 aliphatic rings. The van der Waals surface area contributed by atoms with Gasteiger partial charge in [0.1, 0.15) is 17.3 Å². The highest BCUT2D eigenvalue weighted by molar-refractivity contribution is 9.10. The largest absolute Gasteiger partial charge is 0.496 e. The number of aromatic amines is 1. The Hall–Kier alpha value is -1.89. The summed E-state index contributed by atoms with van der Waals surface area (Å²) in [6.07, 6.45) is 0. The summed E-state index contributed by atoms with van der Waals surface area (Å²) in [4.78, 5) is 10.8. The number of halogens is 2. The molecule has 0 bridgehead atoms. The quantitative estimate of drug-likeness (QED) is 0.908. The van der Waals surface area contributed by atoms with Gasteiger partial charge in [-0.05, 0) is 35.0 Å². The molecule has 0 saturated carbocycles. The fraction of sp³-hybridized carbons (Fsp3) is 0.167. The molecule has 0 radical (unpaired) electrons. The lowest BCUT2D eigenvalue weighted by Crippen LogP contribution is -1.96. The molecule has 5 nitrogen and oxygen atoms in total. The first kappa shape index (κ1) is 13.5. The first-order valence-corrected chi connectivity index (χ1v) is 6.06. The molecule has 0 unspecified atom stereocenters. The predicted octanol–water partition coefficient (Wildman–Crippen LogP) is 2.99. The Morgan fingerprint density at radius 1 is 1.53 bits per heavy atom. The highest BCUT2D eigenvalue weighted by Gasteiger charge is 2.19. The normalized spacial score (nSPS) is 10.5. The zero-order valence-electron chi connectivity index (χ0n) is 10.1. The van der Waals surface area contributed by atoms with Gasteiger partial charge in [-0.2, -0.15) is 5.10 Å². The SMILES string of the molecule is COc1c(-c2cc(C(=O)O)[nH]n2)cc(Br)c(F)c1C. The van der Waals surface area contributed by atoms with Gasteiger partial charge >= 0.3 is 5.97 Å². The molecule has 100 valence electrons. The summed E-state index contributed by atoms with van der Waals surface area (Å²) >= 11 is 3.11. The second-order valence-electron chi connectivity index (χ2n) is 3.85. The zero-order valence-corrected chi connectivity index (χ0v) is 11.7. The van der Waals surface area contributed by atoms with E-state index >= 15 is 0 Å². The van der Waals surface area contributed by atoms with Crippen molar-refractivity contribution in [3.05, 3.63) is 33.7 Å². The van der Waals surface area contributed by atoms with Crippen LogP contribution in [0, 0.1) is 12.7 Å². The minimum absolute atomic E-state index is 0.0462. The van der Waals surface area contributed by atoms with Crippen LogP contribution in [0.1, 0.15) is 16.1 Å². The third-order valence-corrected chi connectivity index (χ3v) is 3.26. The maximum absolute atomic E-state index is 13.8. The highest BCUT2D eigenvalue weighted by Crippen LogP contribution is 2.37. The average molecular weight is 329 g/mol. The number of rotatable bonds is 3. The van der Waals surface area contributed by atoms with Crippen molar-refractivity contribution in [3.8, 4) is 17.0 Å². The first-order valence-electron chi connectivity index (χ1n) is 5.27. The standard InChI is InChI=1S/C12H10BrFN2O3/c1-5-10(14)7(13)3-6(11(5)19-2)8-4-9(12(17)18)16-15-8/h3-4H,1-2H3,(H,15,16)(H,17,18). The number of aromatic carboxylic acids is 1. The Labute approximate surface area is 116 Å². The van der Waals surface area contributed by atoms with Crippen molar-refractivity contribution in [1.82, 2.24) is 10.2 Å². The van der Waals surface area contributed by atoms with Gasteiger partial charge in [0.05, 0.1) is 17.3 Å². The molecule has 1 heterocycles. The molecule has 0 fully saturated rings. The number of hydrogen-bond donors (Lipinski definition) is 2. The van der Waals surface area contributed by atoms with Gasteiger partial charge in [-0.3, -0.25) is 5.10 Å². The molecule has 0 spiro atoms. The summed E-state index contributed by atoms with van der Waals surface area (Å²) in [7, 11) is 1.42. The number of benzene rings is 1. The van der Waals surface area contributed by atoms with E-state index in [1.54, 1.807) is 6.92 Å². The molecule has 0 saturated heterocycles. The third-order valence-electron chi connectivity index (χ3n) is 2.68. The maximum Gasteiger partial charge on any atom is 0.353 e. The van der Waals surface area contributed by atoms with Gasteiger partial charge in [-0.25, -0.2) is 9.18 Å². The number of nitrogens with zero attached hydrogens (tertiary/aromatic N) is 1. The Bertz CT molecular complexity index is 655. The number of methoxy groups -OCH3 is 1. The van der Waals surface area contributed by atoms with Crippen LogP contribution in [0.25, 0.3) is 11.3 Å². The van der Waals surface area contributed by atoms with E-state index in [0.29, 0.717) is 22.6 Å². The highest BCUT2D eigenvalue weighted by atomic mass is 79.9. The fourth-order valence-electron chi connectivity index (χ4n) is 1.76. The number of ether oxygens (including phenoxy) is 1. The molecule has 2 N–H and O–H groups in total. The number of carboxylic acids is 1. The van der Waals surface area contributed by atoms with E-state index in [1.165, 1.54) is 19.2 Å². The number of nitrogens with one attached hydrogen (secondary N) is 1. The van der Waals surface area contributed by atoms with Crippen molar-refractivity contribution in [2.75, 3.05) is 7.11 Å². The van der Waals surface area contributed by atoms with Gasteiger partial charge in [0.15, 0.2) is 0 Å². The van der Waals surface area contributed by atoms with Crippen LogP contribution in [0.4, 0.5) is 4.39 Å². The van der Waals surface area contributed by atoms with Crippen LogP contribution in [0.3, 0.4) is 0 Å². The lowest BCUT2D eigenvalue weighted by molar-refractivity contribution is 0.0690. The lowest BCUT2D eigenvalue weighted by Gasteiger charge is -2.11. The molecule has 2 rings (SSSR count). The van der Waals surface area contributed by atoms with Gasteiger partial charge in [0, 0.05) is 11.1 Å². The lowest BCUT2D eigenvalue weighted by atomic mass is 10.1. The predicted molar refractivity (Wildman–Crippen MR) is 69.9 cm³/mol. The first-order chi connectivity index (χ1) is 8.95. The van der Waals surface area contributed by atoms with E-state index in [0.717, 1.165) is 0 Å². The van der Waals surface area contributed by atoms with E-state index in [4.69, 9.17) is 9.84 Å². The number of aromatic nitrogens is 2. The van der Waals surface area contributed by atoms with E-state index in [-0.39, 0.29) is 10.2 Å². The van der Waals surface area contributed by atoms with Crippen LogP contribution in [0.15, 0.2) is 16.6 Å². The van der Waals surface area contributed by atoms with Crippen molar-refractivity contribution in [2.45, 2.75) is 6.92 Å². The molecule has 0 amide bonds. The second-order valence-corrected chi connectivity index (χ2v) is 4.70. The van der Waals surface area contributed by atoms with Gasteiger partial charge in [-0.15, -0.1) is 0 Å². The average Bonchev–Trinajstić information content (AvgIpc) is 2.85. The minimum Gasteiger partial charge on any atom is -0.496 e. The van der Waals surface area contributed by atoms with Crippen molar-refractivity contribution in [3.63, 3.8) is 0 Å². The minimum atomic E-state index is -1.12. The Morgan fingerprint density at radius 3 is 2.74 bits per heavy atom. The molecule has 1 aromatic heterocycles. The molecule has 0 atom stereocenters. The summed E-state index contributed by atoms with van der Waals surface area (Å²) in [6, 6.07) is 2.87. The van der Waals surface area contributed by atoms with Crippen LogP contribution in [-0.4, -0.2) is 28.4 Å². The van der Waals surface area contributed by atoms with Crippen LogP contribution >= 0.6 is 15.9 Å². The molecule has 0 aliphatic heterocycles. The van der Waals surface area contributed by atoms with E-state index in [1.807, 2.05) is 0 Å².